The van der Waals surface area contributed by atoms with Crippen molar-refractivity contribution in [1.82, 2.24) is 4.90 Å². The molecule has 1 heterocycles. The molecule has 2 aliphatic carbocycles. The first-order chi connectivity index (χ1) is 15.8. The summed E-state index contributed by atoms with van der Waals surface area (Å²) >= 11 is 7.29. The van der Waals surface area contributed by atoms with Crippen molar-refractivity contribution < 1.29 is 33.4 Å². The third-order valence-corrected chi connectivity index (χ3v) is 9.87. The highest BCUT2D eigenvalue weighted by Crippen LogP contribution is 2.60. The van der Waals surface area contributed by atoms with Crippen molar-refractivity contribution >= 4 is 61.2 Å². The molecule has 2 bridgehead atoms. The molecule has 1 saturated heterocycles. The summed E-state index contributed by atoms with van der Waals surface area (Å²) in [5.74, 6) is -1.05. The van der Waals surface area contributed by atoms with E-state index in [0.29, 0.717) is 17.2 Å². The number of fused-ring (bicyclic) bond motifs is 5. The molecular weight excluding hydrogens is 564 g/mol. The number of hydrogen-bond donors (Lipinski definition) is 1. The van der Waals surface area contributed by atoms with E-state index >= 15 is 0 Å². The predicted octanol–water partition coefficient (Wildman–Crippen LogP) is 2.35. The fourth-order valence-corrected chi connectivity index (χ4v) is 7.01. The minimum Gasteiger partial charge on any atom is -0.497 e. The molecule has 0 radical (unpaired) electrons. The first-order valence-electron chi connectivity index (χ1n) is 10.6. The van der Waals surface area contributed by atoms with Crippen molar-refractivity contribution in [2.24, 2.45) is 23.7 Å². The van der Waals surface area contributed by atoms with Crippen LogP contribution in [-0.2, 0) is 23.9 Å². The number of halogens is 2. The van der Waals surface area contributed by atoms with Crippen LogP contribution in [0.2, 0.25) is 0 Å². The maximum Gasteiger partial charge on any atom is 0.308 e. The van der Waals surface area contributed by atoms with Crippen molar-refractivity contribution in [3.8, 4) is 11.5 Å². The second-order valence-electron chi connectivity index (χ2n) is 8.36. The van der Waals surface area contributed by atoms with Gasteiger partial charge in [0.05, 0.1) is 38.2 Å². The lowest BCUT2D eigenvalue weighted by molar-refractivity contribution is -0.149. The van der Waals surface area contributed by atoms with Gasteiger partial charge in [-0.2, -0.15) is 0 Å². The number of rotatable bonds is 8. The Balaban J connectivity index is 1.26. The Morgan fingerprint density at radius 3 is 2.27 bits per heavy atom. The van der Waals surface area contributed by atoms with Crippen LogP contribution < -0.4 is 14.8 Å². The number of methoxy groups -OCH3 is 2. The highest BCUT2D eigenvalue weighted by Gasteiger charge is 2.66. The number of ether oxygens (including phenoxy) is 3. The van der Waals surface area contributed by atoms with Gasteiger partial charge < -0.3 is 19.5 Å². The first-order valence-corrected chi connectivity index (χ1v) is 12.4. The highest BCUT2D eigenvalue weighted by molar-refractivity contribution is 9.12. The first kappa shape index (κ1) is 24.0. The molecule has 4 rings (SSSR count). The number of likely N-dealkylation sites (tertiary alicyclic amines) is 1. The van der Waals surface area contributed by atoms with Gasteiger partial charge in [0.2, 0.25) is 11.8 Å². The SMILES string of the molecule is COc1ccc(NC(=O)COC(=O)CCN2C(=O)[C@@H]3[C@H]4C[C@@H]([C@H](Br)[C@H]4Br)[C@@H]3C2=O)c(OC)c1. The van der Waals surface area contributed by atoms with E-state index in [4.69, 9.17) is 14.2 Å². The van der Waals surface area contributed by atoms with Gasteiger partial charge in [-0.3, -0.25) is 24.1 Å². The van der Waals surface area contributed by atoms with Crippen molar-refractivity contribution in [1.29, 1.82) is 0 Å². The second-order valence-corrected chi connectivity index (χ2v) is 10.5. The third-order valence-electron chi connectivity index (χ3n) is 6.66. The quantitative estimate of drug-likeness (QED) is 0.282. The largest absolute Gasteiger partial charge is 0.497 e. The molecule has 11 heteroatoms. The van der Waals surface area contributed by atoms with Gasteiger partial charge in [-0.25, -0.2) is 0 Å². The molecule has 2 saturated carbocycles. The summed E-state index contributed by atoms with van der Waals surface area (Å²) in [5, 5.41) is 2.61. The normalized spacial score (nSPS) is 29.8. The van der Waals surface area contributed by atoms with Gasteiger partial charge in [0.25, 0.3) is 5.91 Å². The van der Waals surface area contributed by atoms with E-state index in [1.165, 1.54) is 19.1 Å². The Hall–Kier alpha value is -2.14. The number of benzene rings is 1. The van der Waals surface area contributed by atoms with E-state index in [9.17, 15) is 19.2 Å². The van der Waals surface area contributed by atoms with Gasteiger partial charge in [0, 0.05) is 22.3 Å². The highest BCUT2D eigenvalue weighted by atomic mass is 79.9. The fraction of sp³-hybridized carbons (Fsp3) is 0.545. The van der Waals surface area contributed by atoms with Crippen molar-refractivity contribution in [2.45, 2.75) is 22.5 Å². The smallest absolute Gasteiger partial charge is 0.308 e. The predicted molar refractivity (Wildman–Crippen MR) is 124 cm³/mol. The van der Waals surface area contributed by atoms with Crippen LogP contribution in [0.1, 0.15) is 12.8 Å². The van der Waals surface area contributed by atoms with Gasteiger partial charge in [-0.05, 0) is 30.4 Å². The number of carbonyl (C=O) groups is 4. The Morgan fingerprint density at radius 2 is 1.70 bits per heavy atom. The van der Waals surface area contributed by atoms with Gasteiger partial charge in [0.15, 0.2) is 6.61 Å². The molecule has 3 fully saturated rings. The van der Waals surface area contributed by atoms with Crippen molar-refractivity contribution in [2.75, 3.05) is 32.7 Å². The second kappa shape index (κ2) is 9.61. The molecule has 33 heavy (non-hydrogen) atoms. The average Bonchev–Trinajstić information content (AvgIpc) is 3.41. The standard InChI is InChI=1S/C22H24Br2N2O7/c1-31-10-3-4-13(14(7-10)32-2)25-15(27)9-33-16(28)5-6-26-21(29)17-11-8-12(18(17)22(26)30)20(24)19(11)23/h3-4,7,11-12,17-20H,5-6,8-9H2,1-2H3,(H,25,27)/t11-,12-,17-,18+,19+,20+/m1/s1. The number of hydrogen-bond acceptors (Lipinski definition) is 7. The third kappa shape index (κ3) is 4.37. The number of amides is 3. The van der Waals surface area contributed by atoms with Crippen LogP contribution in [0.15, 0.2) is 18.2 Å². The zero-order valence-corrected chi connectivity index (χ0v) is 21.3. The molecule has 1 aromatic carbocycles. The minimum absolute atomic E-state index is 0.0449. The summed E-state index contributed by atoms with van der Waals surface area (Å²) in [5.41, 5.74) is 0.406. The summed E-state index contributed by atoms with van der Waals surface area (Å²) in [6.45, 7) is -0.543. The minimum atomic E-state index is -0.663. The molecule has 178 valence electrons. The molecule has 1 aromatic rings. The average molecular weight is 588 g/mol. The van der Waals surface area contributed by atoms with E-state index in [2.05, 4.69) is 37.2 Å². The molecule has 6 atom stereocenters. The van der Waals surface area contributed by atoms with Crippen LogP contribution in [-0.4, -0.2) is 65.6 Å². The zero-order valence-electron chi connectivity index (χ0n) is 18.1. The number of nitrogens with zero attached hydrogens (tertiary/aromatic N) is 1. The van der Waals surface area contributed by atoms with Crippen molar-refractivity contribution in [3.63, 3.8) is 0 Å². The van der Waals surface area contributed by atoms with Crippen LogP contribution in [0.4, 0.5) is 5.69 Å². The maximum absolute atomic E-state index is 12.9. The number of alkyl halides is 2. The Labute approximate surface area is 207 Å². The number of nitrogens with one attached hydrogen (secondary N) is 1. The van der Waals surface area contributed by atoms with E-state index in [-0.39, 0.29) is 58.1 Å². The number of esters is 1. The van der Waals surface area contributed by atoms with Crippen LogP contribution in [0, 0.1) is 23.7 Å². The molecule has 1 N–H and O–H groups in total. The lowest BCUT2D eigenvalue weighted by atomic mass is 9.81. The van der Waals surface area contributed by atoms with E-state index < -0.39 is 18.5 Å². The summed E-state index contributed by atoms with van der Waals surface area (Å²) in [4.78, 5) is 51.6. The summed E-state index contributed by atoms with van der Waals surface area (Å²) in [6, 6.07) is 4.88. The van der Waals surface area contributed by atoms with E-state index in [1.54, 1.807) is 18.2 Å². The van der Waals surface area contributed by atoms with Gasteiger partial charge >= 0.3 is 5.97 Å². The van der Waals surface area contributed by atoms with Crippen LogP contribution in [0.25, 0.3) is 0 Å². The molecule has 1 aliphatic heterocycles. The van der Waals surface area contributed by atoms with Gasteiger partial charge in [-0.15, -0.1) is 0 Å². The molecular formula is C22H24Br2N2O7. The molecule has 0 spiro atoms. The molecule has 3 amide bonds. The Morgan fingerprint density at radius 1 is 1.06 bits per heavy atom. The zero-order chi connectivity index (χ0) is 23.9. The summed E-state index contributed by atoms with van der Waals surface area (Å²) in [7, 11) is 2.98. The van der Waals surface area contributed by atoms with E-state index in [1.807, 2.05) is 0 Å². The number of carbonyl (C=O) groups excluding carboxylic acids is 4. The van der Waals surface area contributed by atoms with Crippen LogP contribution in [0.3, 0.4) is 0 Å². The monoisotopic (exact) mass is 586 g/mol. The molecule has 0 unspecified atom stereocenters. The van der Waals surface area contributed by atoms with Gasteiger partial charge in [-0.1, -0.05) is 31.9 Å². The lowest BCUT2D eigenvalue weighted by Gasteiger charge is -2.28. The van der Waals surface area contributed by atoms with E-state index in [0.717, 1.165) is 6.42 Å². The van der Waals surface area contributed by atoms with Crippen molar-refractivity contribution in [3.05, 3.63) is 18.2 Å². The molecule has 9 nitrogen and oxygen atoms in total. The summed E-state index contributed by atoms with van der Waals surface area (Å²) < 4.78 is 15.4. The number of imide groups is 1. The molecule has 3 aliphatic rings. The Bertz CT molecular complexity index is 955. The lowest BCUT2D eigenvalue weighted by Crippen LogP contribution is -2.37. The fourth-order valence-electron chi connectivity index (χ4n) is 5.14. The van der Waals surface area contributed by atoms with Crippen LogP contribution in [0.5, 0.6) is 11.5 Å². The van der Waals surface area contributed by atoms with Gasteiger partial charge in [0.1, 0.15) is 11.5 Å². The van der Waals surface area contributed by atoms with Crippen LogP contribution >= 0.6 is 31.9 Å². The molecule has 0 aromatic heterocycles. The summed E-state index contributed by atoms with van der Waals surface area (Å²) in [6.07, 6.45) is 0.684. The number of anilines is 1. The maximum atomic E-state index is 12.9. The Kier molecular flexibility index (Phi) is 6.99. The topological polar surface area (TPSA) is 111 Å².